The SMILES string of the molecule is CC(=O)Nc1ncc(S(=O)(=O)Nc2cccc(-c3cn4ccc(C)cc4n3)c2)s1. The molecule has 0 aliphatic carbocycles. The Morgan fingerprint density at radius 3 is 2.83 bits per heavy atom. The van der Waals surface area contributed by atoms with Crippen molar-refractivity contribution in [3.05, 3.63) is 60.6 Å². The van der Waals surface area contributed by atoms with Gasteiger partial charge in [-0.3, -0.25) is 9.52 Å². The van der Waals surface area contributed by atoms with E-state index in [-0.39, 0.29) is 15.2 Å². The molecule has 1 aromatic carbocycles. The van der Waals surface area contributed by atoms with Crippen molar-refractivity contribution < 1.29 is 13.2 Å². The van der Waals surface area contributed by atoms with E-state index in [0.717, 1.165) is 33.8 Å². The van der Waals surface area contributed by atoms with Crippen LogP contribution in [0.3, 0.4) is 0 Å². The Morgan fingerprint density at radius 2 is 2.03 bits per heavy atom. The fourth-order valence-electron chi connectivity index (χ4n) is 2.76. The molecule has 2 N–H and O–H groups in total. The fraction of sp³-hybridized carbons (Fsp3) is 0.105. The molecule has 8 nitrogen and oxygen atoms in total. The van der Waals surface area contributed by atoms with Gasteiger partial charge in [-0.2, -0.15) is 0 Å². The molecule has 1 amide bonds. The molecule has 0 bridgehead atoms. The first kappa shape index (κ1) is 19.1. The van der Waals surface area contributed by atoms with Gasteiger partial charge >= 0.3 is 0 Å². The minimum absolute atomic E-state index is 0.00913. The summed E-state index contributed by atoms with van der Waals surface area (Å²) in [6.07, 6.45) is 5.04. The van der Waals surface area contributed by atoms with Gasteiger partial charge in [-0.15, -0.1) is 0 Å². The summed E-state index contributed by atoms with van der Waals surface area (Å²) < 4.78 is 29.8. The average molecular weight is 428 g/mol. The molecule has 0 radical (unpaired) electrons. The number of carbonyl (C=O) groups is 1. The zero-order chi connectivity index (χ0) is 20.6. The van der Waals surface area contributed by atoms with Crippen LogP contribution in [-0.4, -0.2) is 28.7 Å². The lowest BCUT2D eigenvalue weighted by Gasteiger charge is -2.07. The number of sulfonamides is 1. The molecule has 0 atom stereocenters. The van der Waals surface area contributed by atoms with Crippen molar-refractivity contribution in [2.75, 3.05) is 10.0 Å². The highest BCUT2D eigenvalue weighted by Gasteiger charge is 2.19. The van der Waals surface area contributed by atoms with Crippen LogP contribution in [0, 0.1) is 6.92 Å². The number of nitrogens with zero attached hydrogens (tertiary/aromatic N) is 3. The quantitative estimate of drug-likeness (QED) is 0.507. The number of nitrogens with one attached hydrogen (secondary N) is 2. The molecule has 0 fully saturated rings. The first-order chi connectivity index (χ1) is 13.8. The number of carbonyl (C=O) groups excluding carboxylic acids is 1. The molecule has 0 saturated carbocycles. The molecule has 0 saturated heterocycles. The highest BCUT2D eigenvalue weighted by atomic mass is 32.2. The summed E-state index contributed by atoms with van der Waals surface area (Å²) in [5, 5.41) is 2.70. The standard InChI is InChI=1S/C19H17N5O3S2/c1-12-6-7-24-11-16(22-17(24)8-12)14-4-3-5-15(9-14)23-29(26,27)18-10-20-19(28-18)21-13(2)25/h3-11,23H,1-2H3,(H,20,21,25). The topological polar surface area (TPSA) is 105 Å². The number of thiazole rings is 1. The predicted molar refractivity (Wildman–Crippen MR) is 113 cm³/mol. The largest absolute Gasteiger partial charge is 0.306 e. The molecule has 4 aromatic rings. The fourth-order valence-corrected chi connectivity index (χ4v) is 4.89. The minimum atomic E-state index is -3.83. The third kappa shape index (κ3) is 4.13. The van der Waals surface area contributed by atoms with Gasteiger partial charge < -0.3 is 9.72 Å². The summed E-state index contributed by atoms with van der Waals surface area (Å²) in [6.45, 7) is 3.33. The number of benzene rings is 1. The summed E-state index contributed by atoms with van der Waals surface area (Å²) in [6, 6.07) is 11.0. The van der Waals surface area contributed by atoms with Crippen LogP contribution in [0.2, 0.25) is 0 Å². The highest BCUT2D eigenvalue weighted by molar-refractivity contribution is 7.94. The third-order valence-corrected chi connectivity index (χ3v) is 6.81. The molecule has 10 heteroatoms. The van der Waals surface area contributed by atoms with Gasteiger partial charge in [0.2, 0.25) is 5.91 Å². The van der Waals surface area contributed by atoms with E-state index in [4.69, 9.17) is 0 Å². The van der Waals surface area contributed by atoms with Gasteiger partial charge in [-0.05, 0) is 36.8 Å². The second kappa shape index (κ2) is 7.30. The van der Waals surface area contributed by atoms with E-state index in [2.05, 4.69) is 20.0 Å². The van der Waals surface area contributed by atoms with E-state index < -0.39 is 10.0 Å². The molecule has 148 valence electrons. The number of hydrogen-bond acceptors (Lipinski definition) is 6. The van der Waals surface area contributed by atoms with Gasteiger partial charge in [0.25, 0.3) is 10.0 Å². The van der Waals surface area contributed by atoms with Crippen molar-refractivity contribution in [3.8, 4) is 11.3 Å². The van der Waals surface area contributed by atoms with E-state index in [9.17, 15) is 13.2 Å². The summed E-state index contributed by atoms with van der Waals surface area (Å²) >= 11 is 0.883. The Morgan fingerprint density at radius 1 is 1.21 bits per heavy atom. The highest BCUT2D eigenvalue weighted by Crippen LogP contribution is 2.27. The molecule has 0 aliphatic rings. The Labute approximate surface area is 171 Å². The molecule has 29 heavy (non-hydrogen) atoms. The molecule has 0 aliphatic heterocycles. The number of rotatable bonds is 5. The maximum absolute atomic E-state index is 12.7. The van der Waals surface area contributed by atoms with Crippen LogP contribution in [0.4, 0.5) is 10.8 Å². The Hall–Kier alpha value is -3.24. The zero-order valence-corrected chi connectivity index (χ0v) is 17.2. The van der Waals surface area contributed by atoms with Crippen molar-refractivity contribution in [2.45, 2.75) is 18.1 Å². The van der Waals surface area contributed by atoms with Crippen LogP contribution < -0.4 is 10.0 Å². The molecule has 3 heterocycles. The van der Waals surface area contributed by atoms with E-state index >= 15 is 0 Å². The number of anilines is 2. The molecule has 0 unspecified atom stereocenters. The number of aryl methyl sites for hydroxylation is 1. The number of amides is 1. The predicted octanol–water partition coefficient (Wildman–Crippen LogP) is 3.53. The summed E-state index contributed by atoms with van der Waals surface area (Å²) in [5.41, 5.74) is 3.86. The molecular formula is C19H17N5O3S2. The van der Waals surface area contributed by atoms with Crippen LogP contribution in [0.15, 0.2) is 59.2 Å². The Bertz CT molecular complexity index is 1320. The second-order valence-corrected chi connectivity index (χ2v) is 9.39. The van der Waals surface area contributed by atoms with Gasteiger partial charge in [0, 0.05) is 30.6 Å². The van der Waals surface area contributed by atoms with Gasteiger partial charge in [0.1, 0.15) is 5.65 Å². The van der Waals surface area contributed by atoms with Gasteiger partial charge in [-0.25, -0.2) is 18.4 Å². The molecule has 0 spiro atoms. The van der Waals surface area contributed by atoms with Gasteiger partial charge in [0.05, 0.1) is 11.9 Å². The van der Waals surface area contributed by atoms with Crippen LogP contribution in [0.1, 0.15) is 12.5 Å². The van der Waals surface area contributed by atoms with Crippen molar-refractivity contribution in [3.63, 3.8) is 0 Å². The summed E-state index contributed by atoms with van der Waals surface area (Å²) in [5.74, 6) is -0.313. The maximum Gasteiger partial charge on any atom is 0.273 e. The maximum atomic E-state index is 12.7. The van der Waals surface area contributed by atoms with Crippen molar-refractivity contribution in [1.29, 1.82) is 0 Å². The zero-order valence-electron chi connectivity index (χ0n) is 15.6. The third-order valence-electron chi connectivity index (χ3n) is 4.06. The van der Waals surface area contributed by atoms with Crippen LogP contribution >= 0.6 is 11.3 Å². The van der Waals surface area contributed by atoms with E-state index in [1.54, 1.807) is 18.2 Å². The number of imidazole rings is 1. The smallest absolute Gasteiger partial charge is 0.273 e. The Balaban J connectivity index is 1.61. The summed E-state index contributed by atoms with van der Waals surface area (Å²) in [4.78, 5) is 19.6. The first-order valence-electron chi connectivity index (χ1n) is 8.62. The molecule has 3 aromatic heterocycles. The number of hydrogen-bond donors (Lipinski definition) is 2. The van der Waals surface area contributed by atoms with E-state index in [0.29, 0.717) is 5.69 Å². The number of pyridine rings is 1. The van der Waals surface area contributed by atoms with Crippen LogP contribution in [-0.2, 0) is 14.8 Å². The number of fused-ring (bicyclic) bond motifs is 1. The van der Waals surface area contributed by atoms with Gasteiger partial charge in [-0.1, -0.05) is 23.5 Å². The van der Waals surface area contributed by atoms with Crippen molar-refractivity contribution >= 4 is 43.7 Å². The lowest BCUT2D eigenvalue weighted by Crippen LogP contribution is -2.11. The minimum Gasteiger partial charge on any atom is -0.306 e. The molecule has 4 rings (SSSR count). The Kier molecular flexibility index (Phi) is 4.81. The van der Waals surface area contributed by atoms with Crippen LogP contribution in [0.25, 0.3) is 16.9 Å². The lowest BCUT2D eigenvalue weighted by atomic mass is 10.1. The monoisotopic (exact) mass is 427 g/mol. The summed E-state index contributed by atoms with van der Waals surface area (Å²) in [7, 11) is -3.83. The lowest BCUT2D eigenvalue weighted by molar-refractivity contribution is -0.114. The van der Waals surface area contributed by atoms with E-state index in [1.165, 1.54) is 13.1 Å². The molecular weight excluding hydrogens is 410 g/mol. The first-order valence-corrected chi connectivity index (χ1v) is 10.9. The number of aromatic nitrogens is 3. The normalized spacial score (nSPS) is 11.5. The van der Waals surface area contributed by atoms with Crippen molar-refractivity contribution in [1.82, 2.24) is 14.4 Å². The second-order valence-electron chi connectivity index (χ2n) is 6.45. The van der Waals surface area contributed by atoms with Crippen molar-refractivity contribution in [2.24, 2.45) is 0 Å². The van der Waals surface area contributed by atoms with Crippen LogP contribution in [0.5, 0.6) is 0 Å². The van der Waals surface area contributed by atoms with E-state index in [1.807, 2.05) is 41.9 Å². The average Bonchev–Trinajstić information content (AvgIpc) is 3.28. The van der Waals surface area contributed by atoms with Gasteiger partial charge in [0.15, 0.2) is 9.34 Å².